The standard InChI is InChI=1S/C31H27ClN4O4S2/c1-21(31(38,23-13-7-3-8-14-23)24-15-9-4-10-16-24)33-30(37)26-18-17-25(32)20-28(26)36(42(39)40)29-27(34-41-35-29)19-22-11-5-2-6-12-22/h2-18,20-21,38H,19H2,1H3,(H,33,37)(H,39,40). The van der Waals surface area contributed by atoms with Crippen LogP contribution in [0.15, 0.2) is 109 Å². The molecule has 2 unspecified atom stereocenters. The highest BCUT2D eigenvalue weighted by atomic mass is 35.5. The van der Waals surface area contributed by atoms with Crippen LogP contribution in [0.4, 0.5) is 11.5 Å². The molecule has 5 aromatic rings. The Morgan fingerprint density at radius 1 is 0.952 bits per heavy atom. The minimum absolute atomic E-state index is 0.0655. The predicted molar refractivity (Wildman–Crippen MR) is 166 cm³/mol. The molecule has 4 aromatic carbocycles. The van der Waals surface area contributed by atoms with Crippen LogP contribution in [0.25, 0.3) is 0 Å². The lowest BCUT2D eigenvalue weighted by Gasteiger charge is -2.36. The van der Waals surface area contributed by atoms with Crippen molar-refractivity contribution in [3.05, 3.63) is 142 Å². The Kier molecular flexibility index (Phi) is 9.10. The van der Waals surface area contributed by atoms with Crippen LogP contribution in [-0.2, 0) is 23.3 Å². The third kappa shape index (κ3) is 6.13. The van der Waals surface area contributed by atoms with E-state index in [-0.39, 0.29) is 22.1 Å². The van der Waals surface area contributed by atoms with Crippen LogP contribution in [0.5, 0.6) is 0 Å². The molecule has 42 heavy (non-hydrogen) atoms. The molecule has 0 aliphatic rings. The topological polar surface area (TPSA) is 116 Å². The van der Waals surface area contributed by atoms with Gasteiger partial charge in [-0.05, 0) is 41.8 Å². The second-order valence-electron chi connectivity index (χ2n) is 9.58. The summed E-state index contributed by atoms with van der Waals surface area (Å²) in [5, 5.41) is 15.3. The summed E-state index contributed by atoms with van der Waals surface area (Å²) in [6, 6.07) is 31.3. The zero-order valence-corrected chi connectivity index (χ0v) is 24.8. The van der Waals surface area contributed by atoms with Gasteiger partial charge in [-0.1, -0.05) is 103 Å². The van der Waals surface area contributed by atoms with Gasteiger partial charge >= 0.3 is 0 Å². The molecule has 0 saturated carbocycles. The third-order valence-electron chi connectivity index (χ3n) is 6.92. The van der Waals surface area contributed by atoms with Crippen molar-refractivity contribution in [3.63, 3.8) is 0 Å². The Morgan fingerprint density at radius 3 is 2.10 bits per heavy atom. The van der Waals surface area contributed by atoms with Crippen molar-refractivity contribution in [2.24, 2.45) is 0 Å². The van der Waals surface area contributed by atoms with E-state index in [1.807, 2.05) is 66.7 Å². The normalized spacial score (nSPS) is 12.9. The minimum Gasteiger partial charge on any atom is -0.378 e. The molecule has 0 aliphatic heterocycles. The van der Waals surface area contributed by atoms with Gasteiger partial charge in [0.15, 0.2) is 5.82 Å². The molecule has 1 amide bonds. The lowest BCUT2D eigenvalue weighted by Crippen LogP contribution is -2.49. The fraction of sp³-hybridized carbons (Fsp3) is 0.129. The third-order valence-corrected chi connectivity index (χ3v) is 8.40. The highest BCUT2D eigenvalue weighted by Crippen LogP contribution is 2.36. The zero-order chi connectivity index (χ0) is 29.7. The maximum Gasteiger partial charge on any atom is 0.268 e. The molecule has 0 saturated heterocycles. The van der Waals surface area contributed by atoms with E-state index in [4.69, 9.17) is 11.6 Å². The predicted octanol–water partition coefficient (Wildman–Crippen LogP) is 6.11. The molecule has 1 aromatic heterocycles. The maximum atomic E-state index is 13.9. The molecular formula is C31H27ClN4O4S2. The monoisotopic (exact) mass is 618 g/mol. The summed E-state index contributed by atoms with van der Waals surface area (Å²) in [6.45, 7) is 1.71. The SMILES string of the molecule is CC(NC(=O)c1ccc(Cl)cc1N(c1nsnc1Cc1ccccc1)S(=O)O)C(O)(c1ccccc1)c1ccccc1. The summed E-state index contributed by atoms with van der Waals surface area (Å²) in [5.74, 6) is -0.443. The Labute approximate surface area is 255 Å². The molecule has 214 valence electrons. The number of benzene rings is 4. The van der Waals surface area contributed by atoms with Crippen LogP contribution >= 0.6 is 23.3 Å². The second-order valence-corrected chi connectivity index (χ2v) is 11.4. The Balaban J connectivity index is 1.52. The van der Waals surface area contributed by atoms with E-state index in [9.17, 15) is 18.7 Å². The highest BCUT2D eigenvalue weighted by molar-refractivity contribution is 7.81. The number of anilines is 2. The summed E-state index contributed by atoms with van der Waals surface area (Å²) in [7, 11) is 0. The van der Waals surface area contributed by atoms with Gasteiger partial charge < -0.3 is 10.4 Å². The minimum atomic E-state index is -2.63. The lowest BCUT2D eigenvalue weighted by molar-refractivity contribution is 0.0404. The molecule has 0 bridgehead atoms. The van der Waals surface area contributed by atoms with Crippen LogP contribution in [0.2, 0.25) is 5.02 Å². The molecule has 2 atom stereocenters. The number of hydrogen-bond acceptors (Lipinski definition) is 6. The number of carbonyl (C=O) groups excluding carboxylic acids is 1. The van der Waals surface area contributed by atoms with Crippen LogP contribution in [0.1, 0.15) is 39.7 Å². The van der Waals surface area contributed by atoms with E-state index >= 15 is 0 Å². The lowest BCUT2D eigenvalue weighted by atomic mass is 9.80. The number of carbonyl (C=O) groups is 1. The van der Waals surface area contributed by atoms with Crippen molar-refractivity contribution in [1.29, 1.82) is 0 Å². The molecule has 1 heterocycles. The summed E-state index contributed by atoms with van der Waals surface area (Å²) in [5.41, 5.74) is 1.15. The summed E-state index contributed by atoms with van der Waals surface area (Å²) >= 11 is 4.60. The van der Waals surface area contributed by atoms with Gasteiger partial charge in [-0.25, -0.2) is 8.51 Å². The van der Waals surface area contributed by atoms with Crippen molar-refractivity contribution >= 4 is 52.0 Å². The number of aromatic nitrogens is 2. The van der Waals surface area contributed by atoms with Gasteiger partial charge in [-0.3, -0.25) is 9.35 Å². The van der Waals surface area contributed by atoms with Gasteiger partial charge in [0.1, 0.15) is 11.3 Å². The molecule has 0 spiro atoms. The van der Waals surface area contributed by atoms with Gasteiger partial charge in [0.2, 0.25) is 0 Å². The first-order valence-corrected chi connectivity index (χ1v) is 15.2. The Bertz CT molecular complexity index is 1650. The highest BCUT2D eigenvalue weighted by Gasteiger charge is 2.39. The number of rotatable bonds is 10. The number of nitrogens with zero attached hydrogens (tertiary/aromatic N) is 3. The van der Waals surface area contributed by atoms with E-state index in [0.29, 0.717) is 23.2 Å². The van der Waals surface area contributed by atoms with E-state index in [1.165, 1.54) is 18.2 Å². The summed E-state index contributed by atoms with van der Waals surface area (Å²) < 4.78 is 33.0. The zero-order valence-electron chi connectivity index (χ0n) is 22.4. The van der Waals surface area contributed by atoms with Gasteiger partial charge in [0.25, 0.3) is 17.2 Å². The van der Waals surface area contributed by atoms with Crippen LogP contribution in [-0.4, -0.2) is 34.6 Å². The van der Waals surface area contributed by atoms with Gasteiger partial charge in [-0.15, -0.1) is 0 Å². The largest absolute Gasteiger partial charge is 0.378 e. The molecule has 0 fully saturated rings. The van der Waals surface area contributed by atoms with Crippen LogP contribution in [0.3, 0.4) is 0 Å². The first-order chi connectivity index (χ1) is 20.3. The fourth-order valence-corrected chi connectivity index (χ4v) is 6.21. The number of nitrogens with one attached hydrogen (secondary N) is 1. The van der Waals surface area contributed by atoms with Crippen molar-refractivity contribution in [3.8, 4) is 0 Å². The van der Waals surface area contributed by atoms with E-state index in [2.05, 4.69) is 14.1 Å². The van der Waals surface area contributed by atoms with Gasteiger partial charge in [-0.2, -0.15) is 8.75 Å². The van der Waals surface area contributed by atoms with Gasteiger partial charge in [0, 0.05) is 11.4 Å². The maximum absolute atomic E-state index is 13.9. The quantitative estimate of drug-likeness (QED) is 0.163. The average molecular weight is 619 g/mol. The molecule has 3 N–H and O–H groups in total. The summed E-state index contributed by atoms with van der Waals surface area (Å²) in [4.78, 5) is 13.9. The van der Waals surface area contributed by atoms with Crippen molar-refractivity contribution in [2.45, 2.75) is 25.0 Å². The first kappa shape index (κ1) is 29.6. The van der Waals surface area contributed by atoms with Crippen molar-refractivity contribution < 1.29 is 18.7 Å². The summed E-state index contributed by atoms with van der Waals surface area (Å²) in [6.07, 6.45) is 0.362. The van der Waals surface area contributed by atoms with Crippen molar-refractivity contribution in [1.82, 2.24) is 14.1 Å². The Hall–Kier alpha value is -3.93. The number of hydrogen-bond donors (Lipinski definition) is 3. The van der Waals surface area contributed by atoms with E-state index in [0.717, 1.165) is 21.6 Å². The number of halogens is 1. The molecular weight excluding hydrogens is 592 g/mol. The average Bonchev–Trinajstić information content (AvgIpc) is 3.45. The van der Waals surface area contributed by atoms with Crippen LogP contribution in [0, 0.1) is 0 Å². The van der Waals surface area contributed by atoms with E-state index in [1.54, 1.807) is 31.2 Å². The molecule has 0 aliphatic carbocycles. The molecule has 0 radical (unpaired) electrons. The number of amides is 1. The van der Waals surface area contributed by atoms with Crippen LogP contribution < -0.4 is 9.62 Å². The molecule has 8 nitrogen and oxygen atoms in total. The smallest absolute Gasteiger partial charge is 0.268 e. The second kappa shape index (κ2) is 12.9. The van der Waals surface area contributed by atoms with Gasteiger partial charge in [0.05, 0.1) is 29.0 Å². The van der Waals surface area contributed by atoms with E-state index < -0.39 is 28.8 Å². The first-order valence-electron chi connectivity index (χ1n) is 13.0. The molecule has 5 rings (SSSR count). The van der Waals surface area contributed by atoms with Crippen molar-refractivity contribution in [2.75, 3.05) is 4.31 Å². The Morgan fingerprint density at radius 2 is 1.52 bits per heavy atom. The number of aliphatic hydroxyl groups is 1. The fourth-order valence-electron chi connectivity index (χ4n) is 4.82. The molecule has 11 heteroatoms.